The lowest BCUT2D eigenvalue weighted by molar-refractivity contribution is 0.311. The third-order valence-corrected chi connectivity index (χ3v) is 1.90. The van der Waals surface area contributed by atoms with Crippen molar-refractivity contribution in [1.82, 2.24) is 0 Å². The van der Waals surface area contributed by atoms with Crippen LogP contribution in [-0.4, -0.2) is 20.2 Å². The van der Waals surface area contributed by atoms with E-state index in [-0.39, 0.29) is 0 Å². The van der Waals surface area contributed by atoms with E-state index in [0.717, 1.165) is 24.6 Å². The summed E-state index contributed by atoms with van der Waals surface area (Å²) in [5.41, 5.74) is 1.14. The molecule has 0 amide bonds. The van der Waals surface area contributed by atoms with Gasteiger partial charge in [-0.15, -0.1) is 0 Å². The molecule has 2 heteroatoms. The Morgan fingerprint density at radius 3 is 3.36 bits per heavy atom. The maximum absolute atomic E-state index is 5.43. The summed E-state index contributed by atoms with van der Waals surface area (Å²) in [5, 5.41) is 0. The number of fused-ring (bicyclic) bond motifs is 1. The predicted molar refractivity (Wildman–Crippen MR) is 44.0 cm³/mol. The van der Waals surface area contributed by atoms with E-state index in [1.807, 2.05) is 18.2 Å². The molecule has 2 rings (SSSR count). The van der Waals surface area contributed by atoms with Gasteiger partial charge in [0.05, 0.1) is 12.2 Å². The fourth-order valence-corrected chi connectivity index (χ4v) is 1.24. The third-order valence-electron chi connectivity index (χ3n) is 1.90. The van der Waals surface area contributed by atoms with Crippen LogP contribution in [0.15, 0.2) is 18.2 Å². The highest BCUT2D eigenvalue weighted by atomic mass is 16.5. The molecule has 1 aromatic carbocycles. The second kappa shape index (κ2) is 2.46. The van der Waals surface area contributed by atoms with Crippen molar-refractivity contribution in [1.29, 1.82) is 0 Å². The van der Waals surface area contributed by atoms with Crippen molar-refractivity contribution < 1.29 is 4.74 Å². The standard InChI is InChI=1S/C9H10NO/c1-10-6-7-11-9-5-3-2-4-8(9)10/h3-5H,6-7H2,1H3. The Kier molecular flexibility index (Phi) is 1.46. The second-order valence-electron chi connectivity index (χ2n) is 2.66. The zero-order chi connectivity index (χ0) is 7.68. The number of nitrogens with zero attached hydrogens (tertiary/aromatic N) is 1. The lowest BCUT2D eigenvalue weighted by Gasteiger charge is -2.27. The number of anilines is 1. The summed E-state index contributed by atoms with van der Waals surface area (Å²) >= 11 is 0. The summed E-state index contributed by atoms with van der Waals surface area (Å²) in [6.07, 6.45) is 0. The topological polar surface area (TPSA) is 12.5 Å². The predicted octanol–water partition coefficient (Wildman–Crippen LogP) is 1.32. The smallest absolute Gasteiger partial charge is 0.142 e. The van der Waals surface area contributed by atoms with E-state index in [9.17, 15) is 0 Å². The minimum atomic E-state index is 0.785. The number of hydrogen-bond acceptors (Lipinski definition) is 2. The Balaban J connectivity index is 2.44. The first-order valence-corrected chi connectivity index (χ1v) is 3.72. The molecule has 0 saturated carbocycles. The normalized spacial score (nSPS) is 15.5. The van der Waals surface area contributed by atoms with Gasteiger partial charge in [0.15, 0.2) is 0 Å². The summed E-state index contributed by atoms with van der Waals surface area (Å²) in [4.78, 5) is 2.18. The van der Waals surface area contributed by atoms with Gasteiger partial charge in [0, 0.05) is 7.05 Å². The molecule has 1 aromatic rings. The van der Waals surface area contributed by atoms with Gasteiger partial charge in [0.2, 0.25) is 0 Å². The summed E-state index contributed by atoms with van der Waals surface area (Å²) in [6, 6.07) is 8.80. The summed E-state index contributed by atoms with van der Waals surface area (Å²) < 4.78 is 5.43. The van der Waals surface area contributed by atoms with Crippen LogP contribution in [0.25, 0.3) is 0 Å². The van der Waals surface area contributed by atoms with Crippen molar-refractivity contribution in [2.45, 2.75) is 0 Å². The van der Waals surface area contributed by atoms with Crippen molar-refractivity contribution in [3.8, 4) is 5.75 Å². The van der Waals surface area contributed by atoms with Crippen molar-refractivity contribution in [3.05, 3.63) is 24.3 Å². The first kappa shape index (κ1) is 6.53. The molecule has 0 aliphatic carbocycles. The van der Waals surface area contributed by atoms with E-state index in [0.29, 0.717) is 0 Å². The minimum Gasteiger partial charge on any atom is -0.490 e. The second-order valence-corrected chi connectivity index (χ2v) is 2.66. The fraction of sp³-hybridized carbons (Fsp3) is 0.333. The van der Waals surface area contributed by atoms with Crippen molar-refractivity contribution in [2.24, 2.45) is 0 Å². The quantitative estimate of drug-likeness (QED) is 0.550. The van der Waals surface area contributed by atoms with Crippen LogP contribution in [0, 0.1) is 6.07 Å². The molecule has 0 fully saturated rings. The van der Waals surface area contributed by atoms with Gasteiger partial charge in [-0.25, -0.2) is 0 Å². The monoisotopic (exact) mass is 148 g/mol. The fourth-order valence-electron chi connectivity index (χ4n) is 1.24. The first-order valence-electron chi connectivity index (χ1n) is 3.72. The number of likely N-dealkylation sites (N-methyl/N-ethyl adjacent to an activating group) is 1. The minimum absolute atomic E-state index is 0.785. The highest BCUT2D eigenvalue weighted by Crippen LogP contribution is 2.28. The van der Waals surface area contributed by atoms with Gasteiger partial charge in [-0.2, -0.15) is 0 Å². The Morgan fingerprint density at radius 2 is 2.55 bits per heavy atom. The van der Waals surface area contributed by atoms with Crippen LogP contribution in [0.4, 0.5) is 5.69 Å². The molecular formula is C9H10NO. The van der Waals surface area contributed by atoms with E-state index in [2.05, 4.69) is 18.0 Å². The molecule has 1 aliphatic rings. The van der Waals surface area contributed by atoms with Crippen LogP contribution in [-0.2, 0) is 0 Å². The Bertz CT molecular complexity index is 259. The SMILES string of the molecule is CN1CCOc2cc[c]cc21. The van der Waals surface area contributed by atoms with Crippen LogP contribution in [0.5, 0.6) is 5.75 Å². The largest absolute Gasteiger partial charge is 0.490 e. The molecule has 0 spiro atoms. The molecule has 1 heterocycles. The van der Waals surface area contributed by atoms with Crippen molar-refractivity contribution in [3.63, 3.8) is 0 Å². The van der Waals surface area contributed by atoms with E-state index in [1.165, 1.54) is 0 Å². The molecule has 0 saturated heterocycles. The Labute approximate surface area is 66.4 Å². The van der Waals surface area contributed by atoms with E-state index in [1.54, 1.807) is 0 Å². The highest BCUT2D eigenvalue weighted by molar-refractivity contribution is 5.58. The van der Waals surface area contributed by atoms with Crippen LogP contribution in [0.2, 0.25) is 0 Å². The van der Waals surface area contributed by atoms with Crippen molar-refractivity contribution in [2.75, 3.05) is 25.1 Å². The molecule has 0 aromatic heterocycles. The average Bonchev–Trinajstić information content (AvgIpc) is 2.06. The number of hydrogen-bond donors (Lipinski definition) is 0. The summed E-state index contributed by atoms with van der Waals surface area (Å²) in [7, 11) is 2.06. The van der Waals surface area contributed by atoms with E-state index >= 15 is 0 Å². The van der Waals surface area contributed by atoms with Gasteiger partial charge >= 0.3 is 0 Å². The summed E-state index contributed by atoms with van der Waals surface area (Å²) in [6.45, 7) is 1.75. The number of ether oxygens (including phenoxy) is 1. The van der Waals surface area contributed by atoms with Crippen LogP contribution in [0.3, 0.4) is 0 Å². The van der Waals surface area contributed by atoms with E-state index < -0.39 is 0 Å². The average molecular weight is 148 g/mol. The van der Waals surface area contributed by atoms with Crippen LogP contribution >= 0.6 is 0 Å². The highest BCUT2D eigenvalue weighted by Gasteiger charge is 2.12. The molecule has 57 valence electrons. The number of benzene rings is 1. The van der Waals surface area contributed by atoms with Gasteiger partial charge in [-0.1, -0.05) is 6.07 Å². The molecule has 0 atom stereocenters. The lowest BCUT2D eigenvalue weighted by atomic mass is 10.2. The van der Waals surface area contributed by atoms with Gasteiger partial charge in [0.25, 0.3) is 0 Å². The maximum Gasteiger partial charge on any atom is 0.142 e. The molecule has 2 nitrogen and oxygen atoms in total. The zero-order valence-electron chi connectivity index (χ0n) is 6.50. The molecule has 1 radical (unpaired) electrons. The van der Waals surface area contributed by atoms with Gasteiger partial charge in [-0.3, -0.25) is 0 Å². The number of rotatable bonds is 0. The van der Waals surface area contributed by atoms with E-state index in [4.69, 9.17) is 4.74 Å². The molecule has 0 unspecified atom stereocenters. The molecule has 0 bridgehead atoms. The molecule has 1 aliphatic heterocycles. The van der Waals surface area contributed by atoms with Gasteiger partial charge in [0.1, 0.15) is 12.4 Å². The Hall–Kier alpha value is -1.18. The molecule has 0 N–H and O–H groups in total. The lowest BCUT2D eigenvalue weighted by Crippen LogP contribution is -2.28. The maximum atomic E-state index is 5.43. The van der Waals surface area contributed by atoms with Crippen molar-refractivity contribution >= 4 is 5.69 Å². The van der Waals surface area contributed by atoms with Crippen LogP contribution in [0.1, 0.15) is 0 Å². The van der Waals surface area contributed by atoms with Gasteiger partial charge in [-0.05, 0) is 18.2 Å². The summed E-state index contributed by atoms with van der Waals surface area (Å²) in [5.74, 6) is 0.970. The third kappa shape index (κ3) is 1.04. The molecule has 11 heavy (non-hydrogen) atoms. The molecular weight excluding hydrogens is 138 g/mol. The van der Waals surface area contributed by atoms with Gasteiger partial charge < -0.3 is 9.64 Å². The Morgan fingerprint density at radius 1 is 1.64 bits per heavy atom. The first-order chi connectivity index (χ1) is 5.38. The zero-order valence-corrected chi connectivity index (χ0v) is 6.50. The van der Waals surface area contributed by atoms with Crippen LogP contribution < -0.4 is 9.64 Å².